The van der Waals surface area contributed by atoms with E-state index in [1.807, 2.05) is 4.90 Å². The second-order valence-corrected chi connectivity index (χ2v) is 9.82. The Balaban J connectivity index is 1.70. The van der Waals surface area contributed by atoms with Crippen molar-refractivity contribution < 1.29 is 13.2 Å². The third-order valence-electron chi connectivity index (χ3n) is 5.18. The molecule has 8 heteroatoms. The van der Waals surface area contributed by atoms with Gasteiger partial charge in [0.25, 0.3) is 0 Å². The molecule has 3 rings (SSSR count). The number of benzene rings is 1. The zero-order chi connectivity index (χ0) is 18.7. The van der Waals surface area contributed by atoms with Gasteiger partial charge in [0, 0.05) is 41.8 Å². The number of halogens is 2. The molecule has 0 unspecified atom stereocenters. The van der Waals surface area contributed by atoms with Crippen LogP contribution in [0.4, 0.5) is 0 Å². The molecule has 1 amide bonds. The van der Waals surface area contributed by atoms with Crippen molar-refractivity contribution in [1.29, 1.82) is 0 Å². The van der Waals surface area contributed by atoms with Crippen LogP contribution in [-0.2, 0) is 20.6 Å². The maximum atomic E-state index is 12.9. The summed E-state index contributed by atoms with van der Waals surface area (Å²) in [5.41, 5.74) is 0.417. The Labute approximate surface area is 165 Å². The predicted octanol–water partition coefficient (Wildman–Crippen LogP) is 3.55. The van der Waals surface area contributed by atoms with E-state index in [4.69, 9.17) is 23.2 Å². The normalized spacial score (nSPS) is 22.4. The molecule has 0 radical (unpaired) electrons. The largest absolute Gasteiger partial charge is 0.342 e. The van der Waals surface area contributed by atoms with E-state index in [0.29, 0.717) is 28.6 Å². The predicted molar refractivity (Wildman–Crippen MR) is 104 cm³/mol. The third-order valence-corrected chi connectivity index (χ3v) is 7.66. The highest BCUT2D eigenvalue weighted by atomic mass is 35.5. The van der Waals surface area contributed by atoms with Crippen LogP contribution in [0.5, 0.6) is 0 Å². The molecule has 1 atom stereocenters. The molecule has 2 aliphatic heterocycles. The van der Waals surface area contributed by atoms with Crippen LogP contribution in [0.25, 0.3) is 0 Å². The van der Waals surface area contributed by atoms with E-state index in [0.717, 1.165) is 38.8 Å². The Morgan fingerprint density at radius 1 is 1.04 bits per heavy atom. The maximum absolute atomic E-state index is 12.9. The van der Waals surface area contributed by atoms with Gasteiger partial charge >= 0.3 is 0 Å². The average molecular weight is 419 g/mol. The van der Waals surface area contributed by atoms with Gasteiger partial charge in [-0.05, 0) is 44.2 Å². The summed E-state index contributed by atoms with van der Waals surface area (Å²) >= 11 is 12.3. The smallest absolute Gasteiger partial charge is 0.227 e. The second kappa shape index (κ2) is 8.46. The van der Waals surface area contributed by atoms with Gasteiger partial charge in [0.1, 0.15) is 0 Å². The van der Waals surface area contributed by atoms with Crippen molar-refractivity contribution in [1.82, 2.24) is 9.21 Å². The van der Waals surface area contributed by atoms with E-state index in [2.05, 4.69) is 0 Å². The fourth-order valence-corrected chi connectivity index (χ4v) is 6.08. The molecule has 26 heavy (non-hydrogen) atoms. The minimum absolute atomic E-state index is 0.0976. The van der Waals surface area contributed by atoms with Gasteiger partial charge in [-0.15, -0.1) is 0 Å². The second-order valence-electron chi connectivity index (χ2n) is 7.04. The Kier molecular flexibility index (Phi) is 6.49. The molecule has 1 aromatic rings. The molecule has 0 aliphatic carbocycles. The highest BCUT2D eigenvalue weighted by Gasteiger charge is 2.35. The van der Waals surface area contributed by atoms with Gasteiger partial charge in [0.15, 0.2) is 0 Å². The van der Waals surface area contributed by atoms with Crippen molar-refractivity contribution in [3.8, 4) is 0 Å². The number of piperidine rings is 2. The summed E-state index contributed by atoms with van der Waals surface area (Å²) in [7, 11) is -3.58. The van der Waals surface area contributed by atoms with Crippen molar-refractivity contribution in [2.24, 2.45) is 5.92 Å². The molecule has 0 saturated carbocycles. The molecule has 0 N–H and O–H groups in total. The summed E-state index contributed by atoms with van der Waals surface area (Å²) in [6.45, 7) is 2.27. The number of nitrogens with zero attached hydrogens (tertiary/aromatic N) is 2. The number of rotatable bonds is 4. The monoisotopic (exact) mass is 418 g/mol. The topological polar surface area (TPSA) is 57.7 Å². The van der Waals surface area contributed by atoms with Gasteiger partial charge in [0.05, 0.1) is 11.7 Å². The van der Waals surface area contributed by atoms with Crippen LogP contribution in [0.2, 0.25) is 10.0 Å². The number of carbonyl (C=O) groups is 1. The van der Waals surface area contributed by atoms with E-state index in [-0.39, 0.29) is 24.1 Å². The van der Waals surface area contributed by atoms with Crippen LogP contribution in [-0.4, -0.2) is 49.7 Å². The van der Waals surface area contributed by atoms with Crippen molar-refractivity contribution in [2.45, 2.75) is 37.9 Å². The van der Waals surface area contributed by atoms with E-state index < -0.39 is 10.0 Å². The molecule has 2 saturated heterocycles. The van der Waals surface area contributed by atoms with Gasteiger partial charge in [-0.2, -0.15) is 0 Å². The van der Waals surface area contributed by atoms with E-state index >= 15 is 0 Å². The lowest BCUT2D eigenvalue weighted by Gasteiger charge is -2.35. The highest BCUT2D eigenvalue weighted by Crippen LogP contribution is 2.29. The summed E-state index contributed by atoms with van der Waals surface area (Å²) in [6.07, 6.45) is 4.67. The minimum Gasteiger partial charge on any atom is -0.342 e. The first-order chi connectivity index (χ1) is 12.4. The molecule has 1 aromatic carbocycles. The zero-order valence-electron chi connectivity index (χ0n) is 14.7. The fourth-order valence-electron chi connectivity index (χ4n) is 3.71. The van der Waals surface area contributed by atoms with Gasteiger partial charge in [-0.25, -0.2) is 12.7 Å². The molecular formula is C18H24Cl2N2O3S. The van der Waals surface area contributed by atoms with Crippen LogP contribution in [0.15, 0.2) is 18.2 Å². The van der Waals surface area contributed by atoms with Gasteiger partial charge < -0.3 is 4.90 Å². The standard InChI is InChI=1S/C18H24Cl2N2O3S/c19-16-7-4-8-17(20)15(16)13-26(24,25)22-11-5-6-14(12-22)18(23)21-9-2-1-3-10-21/h4,7-8,14H,1-3,5-6,9-13H2/t14-/m1/s1. The van der Waals surface area contributed by atoms with Gasteiger partial charge in [0.2, 0.25) is 15.9 Å². The fraction of sp³-hybridized carbons (Fsp3) is 0.611. The van der Waals surface area contributed by atoms with Crippen LogP contribution < -0.4 is 0 Å². The molecular weight excluding hydrogens is 395 g/mol. The van der Waals surface area contributed by atoms with Crippen molar-refractivity contribution in [3.63, 3.8) is 0 Å². The number of hydrogen-bond acceptors (Lipinski definition) is 3. The molecule has 5 nitrogen and oxygen atoms in total. The summed E-state index contributed by atoms with van der Waals surface area (Å²) < 4.78 is 27.2. The summed E-state index contributed by atoms with van der Waals surface area (Å²) in [6, 6.07) is 4.96. The molecule has 144 valence electrons. The lowest BCUT2D eigenvalue weighted by molar-refractivity contribution is -0.137. The Morgan fingerprint density at radius 3 is 2.35 bits per heavy atom. The first kappa shape index (κ1) is 19.9. The average Bonchev–Trinajstić information content (AvgIpc) is 2.65. The van der Waals surface area contributed by atoms with Crippen LogP contribution >= 0.6 is 23.2 Å². The van der Waals surface area contributed by atoms with Crippen LogP contribution in [0.3, 0.4) is 0 Å². The number of carbonyl (C=O) groups excluding carboxylic acids is 1. The molecule has 0 spiro atoms. The Bertz CT molecular complexity index is 743. The molecule has 2 fully saturated rings. The van der Waals surface area contributed by atoms with Gasteiger partial charge in [-0.3, -0.25) is 4.79 Å². The van der Waals surface area contributed by atoms with Crippen LogP contribution in [0.1, 0.15) is 37.7 Å². The lowest BCUT2D eigenvalue weighted by atomic mass is 9.97. The van der Waals surface area contributed by atoms with E-state index in [9.17, 15) is 13.2 Å². The summed E-state index contributed by atoms with van der Waals surface area (Å²) in [4.78, 5) is 14.7. The Hall–Kier alpha value is -0.820. The SMILES string of the molecule is O=C([C@@H]1CCCN(S(=O)(=O)Cc2c(Cl)cccc2Cl)C1)N1CCCCC1. The summed E-state index contributed by atoms with van der Waals surface area (Å²) in [5, 5.41) is 0.693. The molecule has 2 heterocycles. The van der Waals surface area contributed by atoms with Crippen molar-refractivity contribution in [3.05, 3.63) is 33.8 Å². The number of sulfonamides is 1. The number of amides is 1. The molecule has 2 aliphatic rings. The maximum Gasteiger partial charge on any atom is 0.227 e. The quantitative estimate of drug-likeness (QED) is 0.750. The number of likely N-dealkylation sites (tertiary alicyclic amines) is 1. The summed E-state index contributed by atoms with van der Waals surface area (Å²) in [5.74, 6) is -0.394. The Morgan fingerprint density at radius 2 is 1.69 bits per heavy atom. The zero-order valence-corrected chi connectivity index (χ0v) is 17.0. The molecule has 0 bridgehead atoms. The van der Waals surface area contributed by atoms with E-state index in [1.54, 1.807) is 18.2 Å². The van der Waals surface area contributed by atoms with Gasteiger partial charge in [-0.1, -0.05) is 29.3 Å². The highest BCUT2D eigenvalue weighted by molar-refractivity contribution is 7.88. The van der Waals surface area contributed by atoms with Crippen LogP contribution in [0, 0.1) is 5.92 Å². The van der Waals surface area contributed by atoms with E-state index in [1.165, 1.54) is 4.31 Å². The first-order valence-corrected chi connectivity index (χ1v) is 11.4. The minimum atomic E-state index is -3.58. The third kappa shape index (κ3) is 4.53. The lowest BCUT2D eigenvalue weighted by Crippen LogP contribution is -2.48. The molecule has 0 aromatic heterocycles. The number of hydrogen-bond donors (Lipinski definition) is 0. The van der Waals surface area contributed by atoms with Crippen molar-refractivity contribution >= 4 is 39.1 Å². The first-order valence-electron chi connectivity index (χ1n) is 9.08. The van der Waals surface area contributed by atoms with Crippen molar-refractivity contribution in [2.75, 3.05) is 26.2 Å².